The lowest BCUT2D eigenvalue weighted by Gasteiger charge is -2.20. The van der Waals surface area contributed by atoms with E-state index in [2.05, 4.69) is 5.32 Å². The molecular formula is C21H23N3O4. The number of nitrogens with zero attached hydrogens (tertiary/aromatic N) is 2. The van der Waals surface area contributed by atoms with Crippen LogP contribution in [0.2, 0.25) is 0 Å². The van der Waals surface area contributed by atoms with Gasteiger partial charge in [0.2, 0.25) is 0 Å². The van der Waals surface area contributed by atoms with Crippen LogP contribution in [0.25, 0.3) is 0 Å². The number of urea groups is 1. The first-order valence-electron chi connectivity index (χ1n) is 9.31. The van der Waals surface area contributed by atoms with Gasteiger partial charge in [0.15, 0.2) is 6.29 Å². The van der Waals surface area contributed by atoms with Gasteiger partial charge in [0, 0.05) is 31.4 Å². The molecule has 7 nitrogen and oxygen atoms in total. The Bertz CT molecular complexity index is 837. The van der Waals surface area contributed by atoms with E-state index in [9.17, 15) is 9.59 Å². The number of amides is 3. The molecule has 0 spiro atoms. The van der Waals surface area contributed by atoms with Gasteiger partial charge in [-0.15, -0.1) is 0 Å². The van der Waals surface area contributed by atoms with Gasteiger partial charge in [0.25, 0.3) is 5.91 Å². The predicted octanol–water partition coefficient (Wildman–Crippen LogP) is 2.68. The molecule has 1 saturated heterocycles. The molecule has 0 bridgehead atoms. The highest BCUT2D eigenvalue weighted by Gasteiger charge is 2.23. The zero-order chi connectivity index (χ0) is 19.5. The first kappa shape index (κ1) is 18.5. The number of ether oxygens (including phenoxy) is 2. The zero-order valence-electron chi connectivity index (χ0n) is 15.8. The molecule has 0 atom stereocenters. The number of anilines is 1. The molecule has 0 aliphatic carbocycles. The number of rotatable bonds is 4. The van der Waals surface area contributed by atoms with E-state index in [1.807, 2.05) is 24.3 Å². The van der Waals surface area contributed by atoms with E-state index in [1.54, 1.807) is 41.1 Å². The molecule has 2 aliphatic rings. The van der Waals surface area contributed by atoms with Crippen LogP contribution in [0.15, 0.2) is 48.5 Å². The normalized spacial score (nSPS) is 16.1. The summed E-state index contributed by atoms with van der Waals surface area (Å²) < 4.78 is 10.8. The van der Waals surface area contributed by atoms with Crippen LogP contribution in [0.1, 0.15) is 21.5 Å². The molecule has 1 N–H and O–H groups in total. The summed E-state index contributed by atoms with van der Waals surface area (Å²) in [5, 5.41) is 2.89. The molecule has 2 heterocycles. The zero-order valence-corrected chi connectivity index (χ0v) is 15.8. The second kappa shape index (κ2) is 8.00. The third-order valence-electron chi connectivity index (χ3n) is 4.97. The van der Waals surface area contributed by atoms with Crippen LogP contribution in [0, 0.1) is 0 Å². The van der Waals surface area contributed by atoms with Crippen LogP contribution in [0.5, 0.6) is 0 Å². The number of hydrogen-bond acceptors (Lipinski definition) is 4. The number of carbonyl (C=O) groups is 2. The highest BCUT2D eigenvalue weighted by Crippen LogP contribution is 2.23. The summed E-state index contributed by atoms with van der Waals surface area (Å²) in [5.41, 5.74) is 3.56. The van der Waals surface area contributed by atoms with Crippen molar-refractivity contribution in [3.05, 3.63) is 65.2 Å². The van der Waals surface area contributed by atoms with Crippen molar-refractivity contribution in [2.24, 2.45) is 0 Å². The number of benzene rings is 2. The fourth-order valence-corrected chi connectivity index (χ4v) is 3.41. The van der Waals surface area contributed by atoms with Gasteiger partial charge < -0.3 is 24.6 Å². The van der Waals surface area contributed by atoms with Crippen molar-refractivity contribution in [1.82, 2.24) is 9.80 Å². The van der Waals surface area contributed by atoms with Gasteiger partial charge >= 0.3 is 6.03 Å². The van der Waals surface area contributed by atoms with E-state index in [-0.39, 0.29) is 18.2 Å². The molecular weight excluding hydrogens is 358 g/mol. The number of carbonyl (C=O) groups excluding carboxylic acids is 2. The number of likely N-dealkylation sites (N-methyl/N-ethyl adjacent to an activating group) is 1. The molecule has 0 unspecified atom stereocenters. The Kier molecular flexibility index (Phi) is 5.27. The van der Waals surface area contributed by atoms with Crippen LogP contribution in [-0.2, 0) is 22.6 Å². The van der Waals surface area contributed by atoms with Gasteiger partial charge in [-0.2, -0.15) is 0 Å². The Morgan fingerprint density at radius 3 is 2.25 bits per heavy atom. The maximum absolute atomic E-state index is 12.5. The summed E-state index contributed by atoms with van der Waals surface area (Å²) in [6.07, 6.45) is -0.364. The molecule has 1 fully saturated rings. The molecule has 0 aromatic heterocycles. The van der Waals surface area contributed by atoms with Crippen LogP contribution in [0.3, 0.4) is 0 Å². The van der Waals surface area contributed by atoms with Crippen LogP contribution < -0.4 is 5.32 Å². The molecule has 28 heavy (non-hydrogen) atoms. The Labute approximate surface area is 163 Å². The molecule has 146 valence electrons. The van der Waals surface area contributed by atoms with E-state index in [4.69, 9.17) is 9.47 Å². The minimum Gasteiger partial charge on any atom is -0.348 e. The smallest absolute Gasteiger partial charge is 0.322 e. The Hall–Kier alpha value is -2.90. The molecule has 2 aromatic carbocycles. The van der Waals surface area contributed by atoms with Crippen LogP contribution >= 0.6 is 0 Å². The van der Waals surface area contributed by atoms with Gasteiger partial charge in [-0.3, -0.25) is 4.79 Å². The monoisotopic (exact) mass is 381 g/mol. The van der Waals surface area contributed by atoms with Crippen LogP contribution in [0.4, 0.5) is 10.5 Å². The highest BCUT2D eigenvalue weighted by molar-refractivity contribution is 5.95. The number of fused-ring (bicyclic) bond motifs is 1. The average Bonchev–Trinajstić information content (AvgIpc) is 3.37. The van der Waals surface area contributed by atoms with E-state index in [0.29, 0.717) is 44.1 Å². The second-order valence-electron chi connectivity index (χ2n) is 6.99. The lowest BCUT2D eigenvalue weighted by atomic mass is 10.1. The fraction of sp³-hybridized carbons (Fsp3) is 0.333. The molecule has 0 radical (unpaired) electrons. The molecule has 2 aliphatic heterocycles. The van der Waals surface area contributed by atoms with Crippen molar-refractivity contribution in [3.63, 3.8) is 0 Å². The summed E-state index contributed by atoms with van der Waals surface area (Å²) in [5.74, 6) is -0.119. The number of nitrogens with one attached hydrogen (secondary N) is 1. The quantitative estimate of drug-likeness (QED) is 0.884. The average molecular weight is 381 g/mol. The lowest BCUT2D eigenvalue weighted by Crippen LogP contribution is -2.34. The third-order valence-corrected chi connectivity index (χ3v) is 4.97. The fourth-order valence-electron chi connectivity index (χ4n) is 3.41. The summed E-state index contributed by atoms with van der Waals surface area (Å²) in [6.45, 7) is 2.71. The minimum absolute atomic E-state index is 0.119. The van der Waals surface area contributed by atoms with Crippen molar-refractivity contribution in [2.45, 2.75) is 19.4 Å². The summed E-state index contributed by atoms with van der Waals surface area (Å²) in [7, 11) is 1.72. The van der Waals surface area contributed by atoms with Gasteiger partial charge in [-0.05, 0) is 35.4 Å². The molecule has 2 aromatic rings. The SMILES string of the molecule is CN(CC1OCCO1)C(=O)c1ccc(NC(=O)N2Cc3ccccc3C2)cc1. The largest absolute Gasteiger partial charge is 0.348 e. The molecule has 3 amide bonds. The van der Waals surface area contributed by atoms with Crippen LogP contribution in [-0.4, -0.2) is 54.8 Å². The van der Waals surface area contributed by atoms with Crippen molar-refractivity contribution in [2.75, 3.05) is 32.1 Å². The maximum Gasteiger partial charge on any atom is 0.322 e. The van der Waals surface area contributed by atoms with Gasteiger partial charge in [-0.25, -0.2) is 4.79 Å². The molecule has 0 saturated carbocycles. The van der Waals surface area contributed by atoms with Gasteiger partial charge in [-0.1, -0.05) is 24.3 Å². The highest BCUT2D eigenvalue weighted by atomic mass is 16.7. The van der Waals surface area contributed by atoms with Crippen molar-refractivity contribution >= 4 is 17.6 Å². The van der Waals surface area contributed by atoms with E-state index < -0.39 is 0 Å². The maximum atomic E-state index is 12.5. The summed E-state index contributed by atoms with van der Waals surface area (Å²) in [4.78, 5) is 28.4. The third kappa shape index (κ3) is 4.00. The van der Waals surface area contributed by atoms with E-state index in [0.717, 1.165) is 0 Å². The topological polar surface area (TPSA) is 71.1 Å². The molecule has 7 heteroatoms. The first-order valence-corrected chi connectivity index (χ1v) is 9.31. The minimum atomic E-state index is -0.364. The van der Waals surface area contributed by atoms with E-state index in [1.165, 1.54) is 11.1 Å². The summed E-state index contributed by atoms with van der Waals surface area (Å²) >= 11 is 0. The Balaban J connectivity index is 1.33. The van der Waals surface area contributed by atoms with Crippen molar-refractivity contribution in [1.29, 1.82) is 0 Å². The first-order chi connectivity index (χ1) is 13.6. The Morgan fingerprint density at radius 2 is 1.64 bits per heavy atom. The van der Waals surface area contributed by atoms with Gasteiger partial charge in [0.05, 0.1) is 19.8 Å². The second-order valence-corrected chi connectivity index (χ2v) is 6.99. The van der Waals surface area contributed by atoms with Crippen molar-refractivity contribution in [3.8, 4) is 0 Å². The number of hydrogen-bond donors (Lipinski definition) is 1. The molecule has 4 rings (SSSR count). The predicted molar refractivity (Wildman–Crippen MR) is 104 cm³/mol. The Morgan fingerprint density at radius 1 is 1.04 bits per heavy atom. The van der Waals surface area contributed by atoms with Crippen molar-refractivity contribution < 1.29 is 19.1 Å². The summed E-state index contributed by atoms with van der Waals surface area (Å²) in [6, 6.07) is 14.8. The standard InChI is InChI=1S/C21H23N3O4/c1-23(14-19-27-10-11-28-19)20(25)15-6-8-18(9-7-15)22-21(26)24-12-16-4-2-3-5-17(16)13-24/h2-9,19H,10-14H2,1H3,(H,22,26). The lowest BCUT2D eigenvalue weighted by molar-refractivity contribution is -0.0543. The van der Waals surface area contributed by atoms with Gasteiger partial charge in [0.1, 0.15) is 0 Å². The van der Waals surface area contributed by atoms with E-state index >= 15 is 0 Å².